The summed E-state index contributed by atoms with van der Waals surface area (Å²) in [5, 5.41) is 3.38. The van der Waals surface area contributed by atoms with E-state index in [0.717, 1.165) is 31.1 Å². The van der Waals surface area contributed by atoms with Gasteiger partial charge in [-0.2, -0.15) is 0 Å². The Hall–Kier alpha value is -2.05. The van der Waals surface area contributed by atoms with Crippen LogP contribution in [0.1, 0.15) is 55.5 Å². The number of halogens is 1. The van der Waals surface area contributed by atoms with Gasteiger partial charge >= 0.3 is 0 Å². The van der Waals surface area contributed by atoms with Crippen LogP contribution in [0.4, 0.5) is 5.69 Å². The average Bonchev–Trinajstić information content (AvgIpc) is 2.72. The Bertz CT molecular complexity index is 930. The van der Waals surface area contributed by atoms with Gasteiger partial charge in [-0.1, -0.05) is 69.0 Å². The summed E-state index contributed by atoms with van der Waals surface area (Å²) < 4.78 is 25.9. The van der Waals surface area contributed by atoms with Crippen molar-refractivity contribution in [2.45, 2.75) is 46.1 Å². The van der Waals surface area contributed by atoms with E-state index in [9.17, 15) is 13.2 Å². The Kier molecular flexibility index (Phi) is 9.18. The van der Waals surface area contributed by atoms with Crippen LogP contribution in [0.3, 0.4) is 0 Å². The first-order valence-corrected chi connectivity index (χ1v) is 12.6. The van der Waals surface area contributed by atoms with Gasteiger partial charge in [-0.15, -0.1) is 0 Å². The molecule has 0 saturated carbocycles. The molecule has 0 fully saturated rings. The number of anilines is 1. The Morgan fingerprint density at radius 2 is 1.77 bits per heavy atom. The molecule has 0 unspecified atom stereocenters. The van der Waals surface area contributed by atoms with E-state index in [1.807, 2.05) is 0 Å². The second kappa shape index (κ2) is 11.4. The van der Waals surface area contributed by atoms with Gasteiger partial charge in [0, 0.05) is 12.1 Å². The zero-order valence-corrected chi connectivity index (χ0v) is 19.5. The van der Waals surface area contributed by atoms with Gasteiger partial charge in [0.05, 0.1) is 23.5 Å². The van der Waals surface area contributed by atoms with E-state index >= 15 is 0 Å². The van der Waals surface area contributed by atoms with Crippen molar-refractivity contribution in [1.82, 2.24) is 5.32 Å². The average molecular weight is 451 g/mol. The number of carbonyl (C=O) groups excluding carboxylic acids is 1. The highest BCUT2D eigenvalue weighted by molar-refractivity contribution is 7.92. The highest BCUT2D eigenvalue weighted by Gasteiger charge is 2.20. The Morgan fingerprint density at radius 1 is 1.10 bits per heavy atom. The molecule has 2 aromatic carbocycles. The van der Waals surface area contributed by atoms with E-state index in [1.54, 1.807) is 48.5 Å². The molecule has 0 aliphatic heterocycles. The molecule has 0 bridgehead atoms. The third kappa shape index (κ3) is 7.03. The predicted molar refractivity (Wildman–Crippen MR) is 125 cm³/mol. The standard InChI is InChI=1S/C23H31ClN2O3S/c1-4-6-9-18(5-2)16-25-23(27)20-14-12-19(13-15-20)17-26(30(3,28)29)22-11-8-7-10-21(22)24/h7-8,10-15,18H,4-6,9,16-17H2,1-3H3,(H,25,27)/t18-/m1/s1. The summed E-state index contributed by atoms with van der Waals surface area (Å²) in [6.45, 7) is 5.13. The third-order valence-electron chi connectivity index (χ3n) is 5.16. The van der Waals surface area contributed by atoms with Gasteiger partial charge in [-0.3, -0.25) is 9.10 Å². The second-order valence-electron chi connectivity index (χ2n) is 7.54. The van der Waals surface area contributed by atoms with Crippen LogP contribution in [0.15, 0.2) is 48.5 Å². The molecule has 5 nitrogen and oxygen atoms in total. The Morgan fingerprint density at radius 3 is 2.33 bits per heavy atom. The SMILES string of the molecule is CCCC[C@@H](CC)CNC(=O)c1ccc(CN(c2ccccc2Cl)S(C)(=O)=O)cc1. The fraction of sp³-hybridized carbons (Fsp3) is 0.435. The van der Waals surface area contributed by atoms with Crippen LogP contribution < -0.4 is 9.62 Å². The summed E-state index contributed by atoms with van der Waals surface area (Å²) in [6, 6.07) is 13.8. The third-order valence-corrected chi connectivity index (χ3v) is 6.60. The van der Waals surface area contributed by atoms with Gasteiger partial charge in [0.2, 0.25) is 10.0 Å². The lowest BCUT2D eigenvalue weighted by molar-refractivity contribution is 0.0946. The molecule has 0 radical (unpaired) electrons. The van der Waals surface area contributed by atoms with Crippen molar-refractivity contribution in [2.24, 2.45) is 5.92 Å². The van der Waals surface area contributed by atoms with Crippen LogP contribution in [0.25, 0.3) is 0 Å². The van der Waals surface area contributed by atoms with Crippen molar-refractivity contribution in [2.75, 3.05) is 17.1 Å². The van der Waals surface area contributed by atoms with E-state index in [2.05, 4.69) is 19.2 Å². The Balaban J connectivity index is 2.07. The topological polar surface area (TPSA) is 66.5 Å². The molecule has 0 aliphatic carbocycles. The first-order chi connectivity index (χ1) is 14.3. The van der Waals surface area contributed by atoms with Crippen LogP contribution in [0.2, 0.25) is 5.02 Å². The summed E-state index contributed by atoms with van der Waals surface area (Å²) >= 11 is 6.20. The molecule has 0 saturated heterocycles. The van der Waals surface area contributed by atoms with Crippen molar-refractivity contribution in [3.05, 3.63) is 64.7 Å². The fourth-order valence-electron chi connectivity index (χ4n) is 3.24. The summed E-state index contributed by atoms with van der Waals surface area (Å²) in [7, 11) is -3.52. The maximum atomic E-state index is 12.5. The first-order valence-electron chi connectivity index (χ1n) is 10.4. The van der Waals surface area contributed by atoms with Crippen LogP contribution in [0.5, 0.6) is 0 Å². The monoisotopic (exact) mass is 450 g/mol. The molecule has 0 spiro atoms. The zero-order chi connectivity index (χ0) is 22.1. The molecule has 1 atom stereocenters. The summed E-state index contributed by atoms with van der Waals surface area (Å²) in [4.78, 5) is 12.5. The molecular formula is C23H31ClN2O3S. The summed E-state index contributed by atoms with van der Waals surface area (Å²) in [6.07, 6.45) is 5.65. The lowest BCUT2D eigenvalue weighted by Gasteiger charge is -2.23. The molecule has 164 valence electrons. The van der Waals surface area contributed by atoms with Gasteiger partial charge in [0.25, 0.3) is 5.91 Å². The molecule has 0 aromatic heterocycles. The molecule has 0 aliphatic rings. The largest absolute Gasteiger partial charge is 0.352 e. The lowest BCUT2D eigenvalue weighted by Crippen LogP contribution is -2.30. The van der Waals surface area contributed by atoms with Gasteiger partial charge < -0.3 is 5.32 Å². The maximum absolute atomic E-state index is 12.5. The van der Waals surface area contributed by atoms with Gasteiger partial charge in [-0.25, -0.2) is 8.42 Å². The van der Waals surface area contributed by atoms with E-state index < -0.39 is 10.0 Å². The van der Waals surface area contributed by atoms with E-state index in [1.165, 1.54) is 10.7 Å². The minimum absolute atomic E-state index is 0.109. The summed E-state index contributed by atoms with van der Waals surface area (Å²) in [5.41, 5.74) is 1.76. The number of sulfonamides is 1. The second-order valence-corrected chi connectivity index (χ2v) is 9.86. The van der Waals surface area contributed by atoms with Crippen molar-refractivity contribution in [1.29, 1.82) is 0 Å². The zero-order valence-electron chi connectivity index (χ0n) is 17.9. The molecule has 1 N–H and O–H groups in total. The summed E-state index contributed by atoms with van der Waals surface area (Å²) in [5.74, 6) is 0.384. The molecule has 30 heavy (non-hydrogen) atoms. The van der Waals surface area contributed by atoms with Crippen molar-refractivity contribution in [3.8, 4) is 0 Å². The number of para-hydroxylation sites is 1. The number of carbonyl (C=O) groups is 1. The Labute approximate surface area is 185 Å². The molecule has 2 rings (SSSR count). The quantitative estimate of drug-likeness (QED) is 0.508. The minimum Gasteiger partial charge on any atom is -0.352 e. The van der Waals surface area contributed by atoms with Gasteiger partial charge in [0.1, 0.15) is 0 Å². The number of nitrogens with zero attached hydrogens (tertiary/aromatic N) is 1. The lowest BCUT2D eigenvalue weighted by atomic mass is 9.99. The van der Waals surface area contributed by atoms with Crippen LogP contribution in [0, 0.1) is 5.92 Å². The first kappa shape index (κ1) is 24.2. The van der Waals surface area contributed by atoms with E-state index in [-0.39, 0.29) is 12.5 Å². The normalized spacial score (nSPS) is 12.4. The molecule has 2 aromatic rings. The number of hydrogen-bond acceptors (Lipinski definition) is 3. The van der Waals surface area contributed by atoms with Gasteiger partial charge in [0.15, 0.2) is 0 Å². The number of rotatable bonds is 11. The number of nitrogens with one attached hydrogen (secondary N) is 1. The smallest absolute Gasteiger partial charge is 0.251 e. The predicted octanol–water partition coefficient (Wildman–Crippen LogP) is 5.25. The van der Waals surface area contributed by atoms with E-state index in [4.69, 9.17) is 11.6 Å². The molecule has 1 amide bonds. The van der Waals surface area contributed by atoms with Crippen LogP contribution in [-0.2, 0) is 16.6 Å². The van der Waals surface area contributed by atoms with Crippen LogP contribution >= 0.6 is 11.6 Å². The minimum atomic E-state index is -3.52. The maximum Gasteiger partial charge on any atom is 0.251 e. The van der Waals surface area contributed by atoms with Crippen molar-refractivity contribution >= 4 is 33.2 Å². The molecule has 7 heteroatoms. The van der Waals surface area contributed by atoms with Crippen LogP contribution in [-0.4, -0.2) is 27.1 Å². The highest BCUT2D eigenvalue weighted by atomic mass is 35.5. The highest BCUT2D eigenvalue weighted by Crippen LogP contribution is 2.28. The fourth-order valence-corrected chi connectivity index (χ4v) is 4.43. The number of amides is 1. The number of unbranched alkanes of at least 4 members (excludes halogenated alkanes) is 1. The number of hydrogen-bond donors (Lipinski definition) is 1. The molecule has 0 heterocycles. The van der Waals surface area contributed by atoms with E-state index in [0.29, 0.717) is 28.7 Å². The number of benzene rings is 2. The van der Waals surface area contributed by atoms with Gasteiger partial charge in [-0.05, 0) is 42.2 Å². The van der Waals surface area contributed by atoms with Crippen molar-refractivity contribution in [3.63, 3.8) is 0 Å². The van der Waals surface area contributed by atoms with Crippen molar-refractivity contribution < 1.29 is 13.2 Å². The molecular weight excluding hydrogens is 420 g/mol.